The smallest absolute Gasteiger partial charge is 0.203 e. The minimum Gasteiger partial charge on any atom is -0.493 e. The van der Waals surface area contributed by atoms with Crippen molar-refractivity contribution in [2.75, 3.05) is 32.0 Å². The van der Waals surface area contributed by atoms with E-state index < -0.39 is 0 Å². The van der Waals surface area contributed by atoms with Gasteiger partial charge >= 0.3 is 0 Å². The van der Waals surface area contributed by atoms with Crippen LogP contribution < -0.4 is 30.2 Å². The van der Waals surface area contributed by atoms with E-state index >= 15 is 0 Å². The highest BCUT2D eigenvalue weighted by atomic mass is 32.1. The maximum absolute atomic E-state index is 5.55. The first-order valence-electron chi connectivity index (χ1n) is 11.9. The molecule has 1 fully saturated rings. The second-order valence-corrected chi connectivity index (χ2v) is 8.88. The molecule has 9 nitrogen and oxygen atoms in total. The van der Waals surface area contributed by atoms with Crippen molar-refractivity contribution in [1.82, 2.24) is 20.3 Å². The maximum Gasteiger partial charge on any atom is 0.203 e. The van der Waals surface area contributed by atoms with Crippen molar-refractivity contribution < 1.29 is 14.2 Å². The van der Waals surface area contributed by atoms with Crippen molar-refractivity contribution >= 4 is 45.8 Å². The number of benzene rings is 1. The summed E-state index contributed by atoms with van der Waals surface area (Å²) >= 11 is 5.55. The third-order valence-electron chi connectivity index (χ3n) is 6.03. The summed E-state index contributed by atoms with van der Waals surface area (Å²) in [6, 6.07) is 7.75. The molecule has 35 heavy (non-hydrogen) atoms. The molecule has 4 rings (SSSR count). The second-order valence-electron chi connectivity index (χ2n) is 8.47. The summed E-state index contributed by atoms with van der Waals surface area (Å²) in [7, 11) is 4.72. The first-order valence-corrected chi connectivity index (χ1v) is 12.3. The summed E-state index contributed by atoms with van der Waals surface area (Å²) in [5, 5.41) is 10.5. The summed E-state index contributed by atoms with van der Waals surface area (Å²) < 4.78 is 16.2. The van der Waals surface area contributed by atoms with E-state index in [9.17, 15) is 0 Å². The van der Waals surface area contributed by atoms with Gasteiger partial charge in [0.05, 0.1) is 27.5 Å². The van der Waals surface area contributed by atoms with E-state index in [1.807, 2.05) is 12.1 Å². The van der Waals surface area contributed by atoms with Crippen LogP contribution in [-0.4, -0.2) is 47.4 Å². The minimum atomic E-state index is 0.407. The molecular formula is C25H32N6O3S. The molecular weight excluding hydrogens is 464 g/mol. The lowest BCUT2D eigenvalue weighted by molar-refractivity contribution is 0.324. The Labute approximate surface area is 211 Å². The van der Waals surface area contributed by atoms with Gasteiger partial charge in [-0.25, -0.2) is 15.0 Å². The zero-order chi connectivity index (χ0) is 24.6. The third kappa shape index (κ3) is 6.39. The van der Waals surface area contributed by atoms with E-state index in [1.54, 1.807) is 39.7 Å². The molecule has 1 aliphatic carbocycles. The highest BCUT2D eigenvalue weighted by molar-refractivity contribution is 7.80. The number of thiocarbonyl (C=S) groups is 1. The van der Waals surface area contributed by atoms with Crippen LogP contribution in [-0.2, 0) is 0 Å². The number of anilines is 3. The number of methoxy groups -OCH3 is 3. The van der Waals surface area contributed by atoms with Gasteiger partial charge in [0.25, 0.3) is 0 Å². The molecule has 2 aromatic heterocycles. The van der Waals surface area contributed by atoms with Gasteiger partial charge in [0, 0.05) is 23.9 Å². The Morgan fingerprint density at radius 2 is 1.54 bits per heavy atom. The molecule has 0 radical (unpaired) electrons. The van der Waals surface area contributed by atoms with E-state index in [0.717, 1.165) is 12.8 Å². The van der Waals surface area contributed by atoms with Gasteiger partial charge in [0.2, 0.25) is 5.75 Å². The Balaban J connectivity index is 1.48. The number of nitrogens with zero attached hydrogens (tertiary/aromatic N) is 3. The van der Waals surface area contributed by atoms with Crippen molar-refractivity contribution in [2.24, 2.45) is 0 Å². The monoisotopic (exact) mass is 496 g/mol. The topological polar surface area (TPSA) is 102 Å². The van der Waals surface area contributed by atoms with Crippen molar-refractivity contribution in [3.05, 3.63) is 30.5 Å². The van der Waals surface area contributed by atoms with Gasteiger partial charge < -0.3 is 30.2 Å². The normalized spacial score (nSPS) is 14.5. The molecule has 186 valence electrons. The Hall–Kier alpha value is -3.40. The first kappa shape index (κ1) is 24.7. The molecule has 3 N–H and O–H groups in total. The van der Waals surface area contributed by atoms with Crippen LogP contribution in [0.5, 0.6) is 17.2 Å². The second kappa shape index (κ2) is 11.8. The van der Waals surface area contributed by atoms with Gasteiger partial charge in [-0.1, -0.05) is 32.1 Å². The number of hydrogen-bond acceptors (Lipinski definition) is 8. The minimum absolute atomic E-state index is 0.407. The van der Waals surface area contributed by atoms with E-state index in [4.69, 9.17) is 26.4 Å². The summed E-state index contributed by atoms with van der Waals surface area (Å²) in [5.41, 5.74) is 1.90. The number of pyridine rings is 1. The molecule has 0 unspecified atom stereocenters. The average Bonchev–Trinajstić information content (AvgIpc) is 2.84. The van der Waals surface area contributed by atoms with Crippen LogP contribution in [0, 0.1) is 0 Å². The summed E-state index contributed by atoms with van der Waals surface area (Å²) in [5.74, 6) is 2.76. The summed E-state index contributed by atoms with van der Waals surface area (Å²) in [4.78, 5) is 13.7. The number of fused-ring (bicyclic) bond motifs is 1. The van der Waals surface area contributed by atoms with Gasteiger partial charge in [0.1, 0.15) is 11.3 Å². The van der Waals surface area contributed by atoms with Crippen LogP contribution in [0.3, 0.4) is 0 Å². The van der Waals surface area contributed by atoms with E-state index in [2.05, 4.69) is 30.9 Å². The van der Waals surface area contributed by atoms with Gasteiger partial charge in [-0.3, -0.25) is 0 Å². The Kier molecular flexibility index (Phi) is 8.36. The van der Waals surface area contributed by atoms with E-state index in [0.29, 0.717) is 56.9 Å². The molecule has 0 atom stereocenters. The quantitative estimate of drug-likeness (QED) is 0.379. The van der Waals surface area contributed by atoms with Crippen LogP contribution in [0.25, 0.3) is 11.2 Å². The number of ether oxygens (including phenoxy) is 3. The number of nitrogens with one attached hydrogen (secondary N) is 3. The molecule has 3 aromatic rings. The number of hydrogen-bond donors (Lipinski definition) is 3. The lowest BCUT2D eigenvalue weighted by Crippen LogP contribution is -2.38. The van der Waals surface area contributed by atoms with Crippen LogP contribution in [0.4, 0.5) is 17.3 Å². The SMILES string of the molecule is COc1cc(Nc2cnc3ccc(NC(=S)NC4CCCCCCC4)nc3n2)cc(OC)c1OC. The molecule has 2 heterocycles. The Morgan fingerprint density at radius 3 is 2.20 bits per heavy atom. The zero-order valence-corrected chi connectivity index (χ0v) is 21.2. The zero-order valence-electron chi connectivity index (χ0n) is 20.4. The Morgan fingerprint density at radius 1 is 0.886 bits per heavy atom. The van der Waals surface area contributed by atoms with Crippen molar-refractivity contribution in [2.45, 2.75) is 51.0 Å². The largest absolute Gasteiger partial charge is 0.493 e. The average molecular weight is 497 g/mol. The van der Waals surface area contributed by atoms with Gasteiger partial charge in [-0.2, -0.15) is 0 Å². The predicted molar refractivity (Wildman–Crippen MR) is 142 cm³/mol. The molecule has 0 bridgehead atoms. The standard InChI is InChI=1S/C25H32N6O3S/c1-32-19-13-17(14-20(33-2)23(19)34-3)27-22-15-26-18-11-12-21(29-24(18)30-22)31-25(35)28-16-9-7-5-4-6-8-10-16/h11-16H,4-10H2,1-3H3,(H3,27,28,29,30,31,35). The van der Waals surface area contributed by atoms with E-state index in [1.165, 1.54) is 32.1 Å². The molecule has 1 aliphatic rings. The number of aromatic nitrogens is 3. The maximum atomic E-state index is 5.55. The third-order valence-corrected chi connectivity index (χ3v) is 6.25. The fourth-order valence-corrected chi connectivity index (χ4v) is 4.54. The first-order chi connectivity index (χ1) is 17.1. The number of rotatable bonds is 7. The van der Waals surface area contributed by atoms with Gasteiger partial charge in [-0.15, -0.1) is 0 Å². The summed E-state index contributed by atoms with van der Waals surface area (Å²) in [6.07, 6.45) is 10.4. The molecule has 0 amide bonds. The van der Waals surface area contributed by atoms with E-state index in [-0.39, 0.29) is 0 Å². The van der Waals surface area contributed by atoms with Gasteiger partial charge in [-0.05, 0) is 37.2 Å². The molecule has 1 aromatic carbocycles. The van der Waals surface area contributed by atoms with Crippen LogP contribution in [0.2, 0.25) is 0 Å². The van der Waals surface area contributed by atoms with Crippen LogP contribution in [0.1, 0.15) is 44.9 Å². The fraction of sp³-hybridized carbons (Fsp3) is 0.440. The molecule has 1 saturated carbocycles. The van der Waals surface area contributed by atoms with Crippen LogP contribution in [0.15, 0.2) is 30.5 Å². The lowest BCUT2D eigenvalue weighted by Gasteiger charge is -2.22. The summed E-state index contributed by atoms with van der Waals surface area (Å²) in [6.45, 7) is 0. The Bertz CT molecular complexity index is 1140. The lowest BCUT2D eigenvalue weighted by atomic mass is 9.97. The van der Waals surface area contributed by atoms with Crippen molar-refractivity contribution in [3.8, 4) is 17.2 Å². The van der Waals surface area contributed by atoms with Crippen molar-refractivity contribution in [3.63, 3.8) is 0 Å². The highest BCUT2D eigenvalue weighted by Gasteiger charge is 2.15. The van der Waals surface area contributed by atoms with Crippen molar-refractivity contribution in [1.29, 1.82) is 0 Å². The predicted octanol–water partition coefficient (Wildman–Crippen LogP) is 5.19. The molecule has 0 saturated heterocycles. The molecule has 10 heteroatoms. The molecule has 0 spiro atoms. The fourth-order valence-electron chi connectivity index (χ4n) is 4.27. The van der Waals surface area contributed by atoms with Gasteiger partial charge in [0.15, 0.2) is 28.1 Å². The highest BCUT2D eigenvalue weighted by Crippen LogP contribution is 2.40. The molecule has 0 aliphatic heterocycles. The van der Waals surface area contributed by atoms with Crippen LogP contribution >= 0.6 is 12.2 Å².